The Morgan fingerprint density at radius 1 is 0.960 bits per heavy atom. The molecular formula is C20H20N2O3. The van der Waals surface area contributed by atoms with Crippen molar-refractivity contribution in [2.45, 2.75) is 19.4 Å². The van der Waals surface area contributed by atoms with Crippen molar-refractivity contribution in [3.8, 4) is 0 Å². The Morgan fingerprint density at radius 3 is 2.20 bits per heavy atom. The van der Waals surface area contributed by atoms with Gasteiger partial charge < -0.3 is 5.32 Å². The first-order valence-corrected chi connectivity index (χ1v) is 8.32. The minimum absolute atomic E-state index is 0.166. The first-order chi connectivity index (χ1) is 12.1. The van der Waals surface area contributed by atoms with Gasteiger partial charge in [-0.05, 0) is 17.5 Å². The van der Waals surface area contributed by atoms with E-state index < -0.39 is 0 Å². The smallest absolute Gasteiger partial charge is 0.240 e. The van der Waals surface area contributed by atoms with Crippen molar-refractivity contribution < 1.29 is 14.4 Å². The fourth-order valence-electron chi connectivity index (χ4n) is 2.97. The highest BCUT2D eigenvalue weighted by Crippen LogP contribution is 2.23. The van der Waals surface area contributed by atoms with Crippen LogP contribution in [0.3, 0.4) is 0 Å². The summed E-state index contributed by atoms with van der Waals surface area (Å²) in [6, 6.07) is 19.1. The number of likely N-dealkylation sites (tertiary alicyclic amines) is 1. The van der Waals surface area contributed by atoms with E-state index in [4.69, 9.17) is 0 Å². The maximum atomic E-state index is 12.5. The standard InChI is InChI=1S/C20H20N2O3/c23-18(21-13-16-9-5-2-6-10-16)14-22-19(24)12-17(20(22)25)11-15-7-3-1-4-8-15/h1-10,17H,11-14H2,(H,21,23). The maximum Gasteiger partial charge on any atom is 0.240 e. The van der Waals surface area contributed by atoms with Crippen LogP contribution in [0.15, 0.2) is 60.7 Å². The average molecular weight is 336 g/mol. The van der Waals surface area contributed by atoms with Gasteiger partial charge in [0.05, 0.1) is 5.92 Å². The van der Waals surface area contributed by atoms with E-state index in [0.29, 0.717) is 13.0 Å². The highest BCUT2D eigenvalue weighted by Gasteiger charge is 2.39. The number of carbonyl (C=O) groups is 3. The summed E-state index contributed by atoms with van der Waals surface area (Å²) in [6.45, 7) is 0.166. The third-order valence-corrected chi connectivity index (χ3v) is 4.30. The molecule has 1 heterocycles. The second-order valence-electron chi connectivity index (χ2n) is 6.17. The second-order valence-corrected chi connectivity index (χ2v) is 6.17. The summed E-state index contributed by atoms with van der Waals surface area (Å²) in [6.07, 6.45) is 0.688. The third-order valence-electron chi connectivity index (χ3n) is 4.30. The van der Waals surface area contributed by atoms with Gasteiger partial charge in [0.1, 0.15) is 6.54 Å². The number of hydrogen-bond acceptors (Lipinski definition) is 3. The lowest BCUT2D eigenvalue weighted by Gasteiger charge is -2.15. The highest BCUT2D eigenvalue weighted by molar-refractivity contribution is 6.06. The predicted octanol–water partition coefficient (Wildman–Crippen LogP) is 1.92. The van der Waals surface area contributed by atoms with Gasteiger partial charge >= 0.3 is 0 Å². The van der Waals surface area contributed by atoms with Crippen LogP contribution in [0.4, 0.5) is 0 Å². The van der Waals surface area contributed by atoms with Crippen LogP contribution in [0.5, 0.6) is 0 Å². The third kappa shape index (κ3) is 4.32. The molecular weight excluding hydrogens is 316 g/mol. The largest absolute Gasteiger partial charge is 0.350 e. The highest BCUT2D eigenvalue weighted by atomic mass is 16.2. The summed E-state index contributed by atoms with van der Waals surface area (Å²) >= 11 is 0. The molecule has 25 heavy (non-hydrogen) atoms. The first kappa shape index (κ1) is 16.9. The number of nitrogens with one attached hydrogen (secondary N) is 1. The molecule has 1 aliphatic rings. The van der Waals surface area contributed by atoms with Crippen molar-refractivity contribution in [3.63, 3.8) is 0 Å². The van der Waals surface area contributed by atoms with Crippen molar-refractivity contribution in [1.29, 1.82) is 0 Å². The lowest BCUT2D eigenvalue weighted by molar-refractivity contribution is -0.143. The van der Waals surface area contributed by atoms with Gasteiger partial charge in [-0.3, -0.25) is 19.3 Å². The van der Waals surface area contributed by atoms with Crippen molar-refractivity contribution in [2.75, 3.05) is 6.54 Å². The molecule has 0 radical (unpaired) electrons. The maximum absolute atomic E-state index is 12.5. The summed E-state index contributed by atoms with van der Waals surface area (Å²) in [7, 11) is 0. The van der Waals surface area contributed by atoms with Crippen LogP contribution in [0.1, 0.15) is 17.5 Å². The van der Waals surface area contributed by atoms with Gasteiger partial charge in [0.2, 0.25) is 17.7 Å². The molecule has 2 aromatic rings. The molecule has 5 nitrogen and oxygen atoms in total. The van der Waals surface area contributed by atoms with E-state index in [1.807, 2.05) is 60.7 Å². The molecule has 1 N–H and O–H groups in total. The number of rotatable bonds is 6. The molecule has 1 fully saturated rings. The van der Waals surface area contributed by atoms with Crippen LogP contribution >= 0.6 is 0 Å². The summed E-state index contributed by atoms with van der Waals surface area (Å²) < 4.78 is 0. The van der Waals surface area contributed by atoms with Crippen LogP contribution < -0.4 is 5.32 Å². The minimum atomic E-state index is -0.378. The van der Waals surface area contributed by atoms with Gasteiger partial charge in [-0.2, -0.15) is 0 Å². The lowest BCUT2D eigenvalue weighted by Crippen LogP contribution is -2.40. The van der Waals surface area contributed by atoms with Crippen molar-refractivity contribution in [3.05, 3.63) is 71.8 Å². The zero-order valence-corrected chi connectivity index (χ0v) is 13.9. The van der Waals surface area contributed by atoms with Gasteiger partial charge in [0, 0.05) is 13.0 Å². The number of nitrogens with zero attached hydrogens (tertiary/aromatic N) is 1. The fourth-order valence-corrected chi connectivity index (χ4v) is 2.97. The quantitative estimate of drug-likeness (QED) is 0.820. The molecule has 1 atom stereocenters. The lowest BCUT2D eigenvalue weighted by atomic mass is 9.98. The molecule has 0 aliphatic carbocycles. The summed E-state index contributed by atoms with van der Waals surface area (Å²) in [5, 5.41) is 2.75. The number of hydrogen-bond donors (Lipinski definition) is 1. The zero-order valence-electron chi connectivity index (χ0n) is 13.9. The minimum Gasteiger partial charge on any atom is -0.350 e. The van der Waals surface area contributed by atoms with Crippen LogP contribution in [0, 0.1) is 5.92 Å². The Labute approximate surface area is 146 Å². The van der Waals surface area contributed by atoms with Crippen molar-refractivity contribution >= 4 is 17.7 Å². The van der Waals surface area contributed by atoms with Crippen LogP contribution in [0.25, 0.3) is 0 Å². The number of amides is 3. The molecule has 0 saturated carbocycles. The monoisotopic (exact) mass is 336 g/mol. The Kier molecular flexibility index (Phi) is 5.23. The van der Waals surface area contributed by atoms with Crippen molar-refractivity contribution in [2.24, 2.45) is 5.92 Å². The number of imide groups is 1. The SMILES string of the molecule is O=C(CN1C(=O)CC(Cc2ccccc2)C1=O)NCc1ccccc1. The molecule has 1 aliphatic heterocycles. The van der Waals surface area contributed by atoms with E-state index in [-0.39, 0.29) is 36.6 Å². The van der Waals surface area contributed by atoms with Gasteiger partial charge in [-0.25, -0.2) is 0 Å². The predicted molar refractivity (Wildman–Crippen MR) is 93.3 cm³/mol. The second kappa shape index (κ2) is 7.75. The Morgan fingerprint density at radius 2 is 1.56 bits per heavy atom. The molecule has 0 spiro atoms. The van der Waals surface area contributed by atoms with Gasteiger partial charge in [-0.1, -0.05) is 60.7 Å². The van der Waals surface area contributed by atoms with E-state index in [1.54, 1.807) is 0 Å². The molecule has 1 saturated heterocycles. The summed E-state index contributed by atoms with van der Waals surface area (Å²) in [4.78, 5) is 37.7. The Bertz CT molecular complexity index is 759. The Balaban J connectivity index is 1.54. The summed E-state index contributed by atoms with van der Waals surface area (Å²) in [5.74, 6) is -1.24. The zero-order chi connectivity index (χ0) is 17.6. The van der Waals surface area contributed by atoms with Gasteiger partial charge in [0.25, 0.3) is 0 Å². The first-order valence-electron chi connectivity index (χ1n) is 8.32. The summed E-state index contributed by atoms with van der Waals surface area (Å²) in [5.41, 5.74) is 1.99. The van der Waals surface area contributed by atoms with Gasteiger partial charge in [-0.15, -0.1) is 0 Å². The molecule has 2 aromatic carbocycles. The molecule has 3 amide bonds. The molecule has 1 unspecified atom stereocenters. The molecule has 3 rings (SSSR count). The van der Waals surface area contributed by atoms with E-state index in [0.717, 1.165) is 16.0 Å². The topological polar surface area (TPSA) is 66.5 Å². The molecule has 0 bridgehead atoms. The molecule has 0 aromatic heterocycles. The van der Waals surface area contributed by atoms with E-state index in [1.165, 1.54) is 0 Å². The van der Waals surface area contributed by atoms with Crippen LogP contribution in [-0.4, -0.2) is 29.2 Å². The van der Waals surface area contributed by atoms with Gasteiger partial charge in [0.15, 0.2) is 0 Å². The Hall–Kier alpha value is -2.95. The van der Waals surface area contributed by atoms with E-state index >= 15 is 0 Å². The average Bonchev–Trinajstić information content (AvgIpc) is 2.89. The molecule has 128 valence electrons. The fraction of sp³-hybridized carbons (Fsp3) is 0.250. The van der Waals surface area contributed by atoms with Crippen LogP contribution in [0.2, 0.25) is 0 Å². The van der Waals surface area contributed by atoms with E-state index in [2.05, 4.69) is 5.32 Å². The van der Waals surface area contributed by atoms with Crippen LogP contribution in [-0.2, 0) is 27.3 Å². The van der Waals surface area contributed by atoms with Crippen molar-refractivity contribution in [1.82, 2.24) is 10.2 Å². The molecule has 5 heteroatoms. The van der Waals surface area contributed by atoms with E-state index in [9.17, 15) is 14.4 Å². The normalized spacial score (nSPS) is 17.0. The number of benzene rings is 2. The number of carbonyl (C=O) groups excluding carboxylic acids is 3.